The highest BCUT2D eigenvalue weighted by atomic mass is 14.7. The third-order valence-electron chi connectivity index (χ3n) is 2.86. The van der Waals surface area contributed by atoms with Crippen molar-refractivity contribution < 1.29 is 0 Å². The summed E-state index contributed by atoms with van der Waals surface area (Å²) in [7, 11) is 0. The Labute approximate surface area is 73.6 Å². The SMILES string of the molecule is CC(c1ccccc1)[C@@H]1C[C@H]1N. The molecule has 1 saturated carbocycles. The van der Waals surface area contributed by atoms with Gasteiger partial charge in [0.05, 0.1) is 0 Å². The van der Waals surface area contributed by atoms with Crippen molar-refractivity contribution in [2.75, 3.05) is 0 Å². The van der Waals surface area contributed by atoms with Gasteiger partial charge in [-0.2, -0.15) is 0 Å². The molecule has 2 rings (SSSR count). The van der Waals surface area contributed by atoms with Gasteiger partial charge in [0, 0.05) is 6.04 Å². The Morgan fingerprint density at radius 1 is 1.33 bits per heavy atom. The molecular weight excluding hydrogens is 146 g/mol. The molecule has 1 fully saturated rings. The summed E-state index contributed by atoms with van der Waals surface area (Å²) in [5, 5.41) is 0. The highest BCUT2D eigenvalue weighted by molar-refractivity contribution is 5.22. The van der Waals surface area contributed by atoms with Crippen LogP contribution in [0.4, 0.5) is 0 Å². The maximum absolute atomic E-state index is 5.80. The van der Waals surface area contributed by atoms with Crippen LogP contribution in [0.25, 0.3) is 0 Å². The van der Waals surface area contributed by atoms with Crippen LogP contribution in [-0.4, -0.2) is 6.04 Å². The summed E-state index contributed by atoms with van der Waals surface area (Å²) < 4.78 is 0. The minimum Gasteiger partial charge on any atom is -0.327 e. The molecule has 64 valence electrons. The van der Waals surface area contributed by atoms with Gasteiger partial charge in [-0.15, -0.1) is 0 Å². The summed E-state index contributed by atoms with van der Waals surface area (Å²) in [4.78, 5) is 0. The Bertz CT molecular complexity index is 255. The van der Waals surface area contributed by atoms with Gasteiger partial charge >= 0.3 is 0 Å². The number of nitrogens with two attached hydrogens (primary N) is 1. The van der Waals surface area contributed by atoms with E-state index in [4.69, 9.17) is 5.73 Å². The van der Waals surface area contributed by atoms with Gasteiger partial charge in [0.1, 0.15) is 0 Å². The van der Waals surface area contributed by atoms with E-state index in [2.05, 4.69) is 37.3 Å². The van der Waals surface area contributed by atoms with E-state index in [-0.39, 0.29) is 0 Å². The molecule has 1 aliphatic rings. The lowest BCUT2D eigenvalue weighted by molar-refractivity contribution is 0.641. The van der Waals surface area contributed by atoms with Gasteiger partial charge in [0.2, 0.25) is 0 Å². The topological polar surface area (TPSA) is 26.0 Å². The molecule has 1 aliphatic carbocycles. The summed E-state index contributed by atoms with van der Waals surface area (Å²) in [6, 6.07) is 11.1. The van der Waals surface area contributed by atoms with Gasteiger partial charge in [-0.1, -0.05) is 37.3 Å². The van der Waals surface area contributed by atoms with Crippen LogP contribution in [0, 0.1) is 5.92 Å². The molecule has 0 amide bonds. The molecule has 0 aliphatic heterocycles. The van der Waals surface area contributed by atoms with E-state index < -0.39 is 0 Å². The zero-order chi connectivity index (χ0) is 8.55. The third kappa shape index (κ3) is 1.37. The van der Waals surface area contributed by atoms with Crippen LogP contribution in [-0.2, 0) is 0 Å². The predicted molar refractivity (Wildman–Crippen MR) is 50.9 cm³/mol. The van der Waals surface area contributed by atoms with Crippen LogP contribution >= 0.6 is 0 Å². The molecule has 12 heavy (non-hydrogen) atoms. The van der Waals surface area contributed by atoms with Crippen molar-refractivity contribution >= 4 is 0 Å². The zero-order valence-electron chi connectivity index (χ0n) is 7.40. The van der Waals surface area contributed by atoms with E-state index >= 15 is 0 Å². The molecule has 0 radical (unpaired) electrons. The fourth-order valence-corrected chi connectivity index (χ4v) is 1.81. The summed E-state index contributed by atoms with van der Waals surface area (Å²) in [6.45, 7) is 2.27. The summed E-state index contributed by atoms with van der Waals surface area (Å²) in [5.74, 6) is 1.37. The summed E-state index contributed by atoms with van der Waals surface area (Å²) in [6.07, 6.45) is 1.20. The maximum atomic E-state index is 5.80. The highest BCUT2D eigenvalue weighted by Gasteiger charge is 2.38. The van der Waals surface area contributed by atoms with Gasteiger partial charge in [0.15, 0.2) is 0 Å². The van der Waals surface area contributed by atoms with Gasteiger partial charge in [0.25, 0.3) is 0 Å². The molecule has 0 heterocycles. The van der Waals surface area contributed by atoms with Gasteiger partial charge < -0.3 is 5.73 Å². The molecule has 1 heteroatoms. The molecule has 1 aromatic rings. The fourth-order valence-electron chi connectivity index (χ4n) is 1.81. The van der Waals surface area contributed by atoms with Gasteiger partial charge in [-0.05, 0) is 23.8 Å². The largest absolute Gasteiger partial charge is 0.327 e. The van der Waals surface area contributed by atoms with Crippen molar-refractivity contribution in [3.05, 3.63) is 35.9 Å². The maximum Gasteiger partial charge on any atom is 0.00769 e. The molecule has 1 nitrogen and oxygen atoms in total. The Morgan fingerprint density at radius 2 is 1.92 bits per heavy atom. The third-order valence-corrected chi connectivity index (χ3v) is 2.86. The first-order chi connectivity index (χ1) is 5.79. The van der Waals surface area contributed by atoms with Crippen molar-refractivity contribution in [3.63, 3.8) is 0 Å². The molecule has 0 saturated heterocycles. The van der Waals surface area contributed by atoms with Crippen LogP contribution in [0.1, 0.15) is 24.8 Å². The molecule has 1 unspecified atom stereocenters. The first-order valence-electron chi connectivity index (χ1n) is 4.59. The molecule has 2 N–H and O–H groups in total. The number of rotatable bonds is 2. The van der Waals surface area contributed by atoms with Crippen LogP contribution in [0.2, 0.25) is 0 Å². The zero-order valence-corrected chi connectivity index (χ0v) is 7.40. The lowest BCUT2D eigenvalue weighted by Crippen LogP contribution is -2.06. The molecule has 0 spiro atoms. The fraction of sp³-hybridized carbons (Fsp3) is 0.455. The second-order valence-corrected chi connectivity index (χ2v) is 3.76. The van der Waals surface area contributed by atoms with Crippen LogP contribution in [0.3, 0.4) is 0 Å². The van der Waals surface area contributed by atoms with E-state index in [1.54, 1.807) is 0 Å². The molecule has 3 atom stereocenters. The normalized spacial score (nSPS) is 29.8. The van der Waals surface area contributed by atoms with Crippen LogP contribution in [0.5, 0.6) is 0 Å². The summed E-state index contributed by atoms with van der Waals surface area (Å²) >= 11 is 0. The Balaban J connectivity index is 2.10. The Morgan fingerprint density at radius 3 is 2.42 bits per heavy atom. The second-order valence-electron chi connectivity index (χ2n) is 3.76. The predicted octanol–water partition coefficient (Wildman–Crippen LogP) is 2.14. The molecule has 0 bridgehead atoms. The second kappa shape index (κ2) is 2.91. The quantitative estimate of drug-likeness (QED) is 0.706. The average molecular weight is 161 g/mol. The van der Waals surface area contributed by atoms with Crippen LogP contribution < -0.4 is 5.73 Å². The number of hydrogen-bond acceptors (Lipinski definition) is 1. The van der Waals surface area contributed by atoms with Crippen molar-refractivity contribution in [2.45, 2.75) is 25.3 Å². The lowest BCUT2D eigenvalue weighted by atomic mass is 9.96. The highest BCUT2D eigenvalue weighted by Crippen LogP contribution is 2.40. The minimum atomic E-state index is 0.459. The van der Waals surface area contributed by atoms with E-state index in [0.717, 1.165) is 5.92 Å². The van der Waals surface area contributed by atoms with E-state index in [1.807, 2.05) is 0 Å². The van der Waals surface area contributed by atoms with E-state index in [1.165, 1.54) is 12.0 Å². The smallest absolute Gasteiger partial charge is 0.00769 e. The number of benzene rings is 1. The van der Waals surface area contributed by atoms with Gasteiger partial charge in [-0.25, -0.2) is 0 Å². The lowest BCUT2D eigenvalue weighted by Gasteiger charge is -2.09. The van der Waals surface area contributed by atoms with Crippen molar-refractivity contribution in [1.82, 2.24) is 0 Å². The molecule has 0 aromatic heterocycles. The van der Waals surface area contributed by atoms with E-state index in [9.17, 15) is 0 Å². The van der Waals surface area contributed by atoms with Crippen molar-refractivity contribution in [1.29, 1.82) is 0 Å². The molecule has 1 aromatic carbocycles. The standard InChI is InChI=1S/C11H15N/c1-8(10-7-11(10)12)9-5-3-2-4-6-9/h2-6,8,10-11H,7,12H2,1H3/t8?,10-,11+/m0/s1. The first-order valence-corrected chi connectivity index (χ1v) is 4.59. The minimum absolute atomic E-state index is 0.459. The monoisotopic (exact) mass is 161 g/mol. The Kier molecular flexibility index (Phi) is 1.89. The van der Waals surface area contributed by atoms with Gasteiger partial charge in [-0.3, -0.25) is 0 Å². The van der Waals surface area contributed by atoms with Crippen molar-refractivity contribution in [3.8, 4) is 0 Å². The van der Waals surface area contributed by atoms with Crippen molar-refractivity contribution in [2.24, 2.45) is 11.7 Å². The summed E-state index contributed by atoms with van der Waals surface area (Å²) in [5.41, 5.74) is 7.23. The average Bonchev–Trinajstić information content (AvgIpc) is 2.83. The van der Waals surface area contributed by atoms with E-state index in [0.29, 0.717) is 12.0 Å². The Hall–Kier alpha value is -0.820. The first kappa shape index (κ1) is 7.81. The molecular formula is C11H15N. The number of hydrogen-bond donors (Lipinski definition) is 1. The van der Waals surface area contributed by atoms with Crippen LogP contribution in [0.15, 0.2) is 30.3 Å².